The third kappa shape index (κ3) is 2.61. The van der Waals surface area contributed by atoms with E-state index in [0.29, 0.717) is 39.0 Å². The molecule has 0 atom stereocenters. The molecule has 152 valence electrons. The summed E-state index contributed by atoms with van der Waals surface area (Å²) in [6.07, 6.45) is 0. The second kappa shape index (κ2) is 6.54. The Morgan fingerprint density at radius 3 is 2.68 bits per heavy atom. The van der Waals surface area contributed by atoms with Crippen molar-refractivity contribution in [3.05, 3.63) is 75.1 Å². The number of thioether (sulfide) groups is 1. The van der Waals surface area contributed by atoms with Crippen molar-refractivity contribution in [1.82, 2.24) is 29.1 Å². The molecular formula is C21H14N6O3S. The summed E-state index contributed by atoms with van der Waals surface area (Å²) in [5.41, 5.74) is 1.64. The summed E-state index contributed by atoms with van der Waals surface area (Å²) in [6, 6.07) is 14.8. The zero-order valence-corrected chi connectivity index (χ0v) is 17.0. The molecule has 0 spiro atoms. The summed E-state index contributed by atoms with van der Waals surface area (Å²) in [4.78, 5) is 32.5. The number of para-hydroxylation sites is 2. The number of aromatic amines is 1. The molecule has 4 aromatic heterocycles. The first-order valence-electron chi connectivity index (χ1n) is 9.48. The molecular weight excluding hydrogens is 416 g/mol. The van der Waals surface area contributed by atoms with E-state index in [4.69, 9.17) is 4.42 Å². The first kappa shape index (κ1) is 17.9. The topological polar surface area (TPSA) is 111 Å². The van der Waals surface area contributed by atoms with Gasteiger partial charge in [0.05, 0.1) is 16.7 Å². The largest absolute Gasteiger partial charge is 0.449 e. The normalized spacial score (nSPS) is 11.9. The van der Waals surface area contributed by atoms with Crippen molar-refractivity contribution in [1.29, 1.82) is 0 Å². The van der Waals surface area contributed by atoms with Crippen LogP contribution in [-0.2, 0) is 12.8 Å². The number of aromatic nitrogens is 6. The smallest absolute Gasteiger partial charge is 0.294 e. The van der Waals surface area contributed by atoms with Crippen LogP contribution in [0.3, 0.4) is 0 Å². The highest BCUT2D eigenvalue weighted by Crippen LogP contribution is 2.27. The van der Waals surface area contributed by atoms with Gasteiger partial charge in [-0.25, -0.2) is 4.98 Å². The molecule has 0 saturated heterocycles. The van der Waals surface area contributed by atoms with Crippen molar-refractivity contribution >= 4 is 50.5 Å². The van der Waals surface area contributed by atoms with Crippen LogP contribution in [0.2, 0.25) is 0 Å². The molecule has 6 aromatic rings. The van der Waals surface area contributed by atoms with Crippen molar-refractivity contribution in [3.63, 3.8) is 0 Å². The van der Waals surface area contributed by atoms with Gasteiger partial charge < -0.3 is 9.40 Å². The van der Waals surface area contributed by atoms with E-state index in [1.807, 2.05) is 46.9 Å². The monoisotopic (exact) mass is 430 g/mol. The number of H-pyrrole nitrogens is 1. The van der Waals surface area contributed by atoms with Gasteiger partial charge in [-0.1, -0.05) is 36.0 Å². The lowest BCUT2D eigenvalue weighted by atomic mass is 10.2. The third-order valence-corrected chi connectivity index (χ3v) is 6.15. The Morgan fingerprint density at radius 2 is 1.81 bits per heavy atom. The lowest BCUT2D eigenvalue weighted by molar-refractivity contribution is 0.660. The quantitative estimate of drug-likeness (QED) is 0.430. The maximum atomic E-state index is 12.6. The molecule has 31 heavy (non-hydrogen) atoms. The van der Waals surface area contributed by atoms with Crippen molar-refractivity contribution in [3.8, 4) is 0 Å². The van der Waals surface area contributed by atoms with Crippen LogP contribution in [0.15, 0.2) is 67.7 Å². The fourth-order valence-electron chi connectivity index (χ4n) is 3.75. The average Bonchev–Trinajstić information content (AvgIpc) is 3.38. The number of rotatable bonds is 3. The van der Waals surface area contributed by atoms with Gasteiger partial charge in [0, 0.05) is 12.4 Å². The molecule has 0 bridgehead atoms. The van der Waals surface area contributed by atoms with Crippen LogP contribution in [0, 0.1) is 0 Å². The Labute approximate surface area is 177 Å². The molecule has 0 aliphatic rings. The minimum absolute atomic E-state index is 0.129. The molecule has 4 heterocycles. The summed E-state index contributed by atoms with van der Waals surface area (Å²) in [5.74, 6) is 1.31. The van der Waals surface area contributed by atoms with Crippen LogP contribution in [0.4, 0.5) is 0 Å². The van der Waals surface area contributed by atoms with E-state index in [2.05, 4.69) is 20.2 Å². The van der Waals surface area contributed by atoms with E-state index in [0.717, 1.165) is 10.9 Å². The molecule has 9 nitrogen and oxygen atoms in total. The Hall–Kier alpha value is -3.92. The fourth-order valence-corrected chi connectivity index (χ4v) is 4.56. The minimum atomic E-state index is -0.323. The molecule has 2 aromatic carbocycles. The SMILES string of the molecule is Cn1c(=O)c2ccccc2n2c(SCc3nc4c(oc5ccccc54)c(=O)[nH]3)nnc12. The van der Waals surface area contributed by atoms with E-state index in [1.54, 1.807) is 13.1 Å². The van der Waals surface area contributed by atoms with Gasteiger partial charge in [-0.15, -0.1) is 10.2 Å². The van der Waals surface area contributed by atoms with E-state index in [1.165, 1.54) is 16.3 Å². The van der Waals surface area contributed by atoms with Gasteiger partial charge in [-0.3, -0.25) is 18.6 Å². The highest BCUT2D eigenvalue weighted by atomic mass is 32.2. The summed E-state index contributed by atoms with van der Waals surface area (Å²) >= 11 is 1.38. The second-order valence-electron chi connectivity index (χ2n) is 7.08. The van der Waals surface area contributed by atoms with Crippen molar-refractivity contribution in [2.45, 2.75) is 10.9 Å². The predicted octanol–water partition coefficient (Wildman–Crippen LogP) is 2.86. The van der Waals surface area contributed by atoms with Crippen LogP contribution in [0.5, 0.6) is 0 Å². The Kier molecular flexibility index (Phi) is 3.78. The number of nitrogens with zero attached hydrogens (tertiary/aromatic N) is 5. The van der Waals surface area contributed by atoms with Crippen molar-refractivity contribution < 1.29 is 4.42 Å². The van der Waals surface area contributed by atoms with Gasteiger partial charge in [0.25, 0.3) is 11.1 Å². The summed E-state index contributed by atoms with van der Waals surface area (Å²) in [6.45, 7) is 0. The molecule has 0 aliphatic carbocycles. The number of fused-ring (bicyclic) bond motifs is 6. The first-order valence-corrected chi connectivity index (χ1v) is 10.5. The number of hydrogen-bond acceptors (Lipinski definition) is 7. The number of hydrogen-bond donors (Lipinski definition) is 1. The van der Waals surface area contributed by atoms with Crippen LogP contribution in [0.1, 0.15) is 5.82 Å². The van der Waals surface area contributed by atoms with Crippen LogP contribution < -0.4 is 11.1 Å². The number of furan rings is 1. The maximum Gasteiger partial charge on any atom is 0.294 e. The predicted molar refractivity (Wildman–Crippen MR) is 117 cm³/mol. The lowest BCUT2D eigenvalue weighted by Crippen LogP contribution is -2.20. The average molecular weight is 430 g/mol. The van der Waals surface area contributed by atoms with Gasteiger partial charge >= 0.3 is 0 Å². The molecule has 0 radical (unpaired) electrons. The highest BCUT2D eigenvalue weighted by molar-refractivity contribution is 7.98. The van der Waals surface area contributed by atoms with Crippen molar-refractivity contribution in [2.24, 2.45) is 7.05 Å². The fraction of sp³-hybridized carbons (Fsp3) is 0.0952. The highest BCUT2D eigenvalue weighted by Gasteiger charge is 2.17. The van der Waals surface area contributed by atoms with Gasteiger partial charge in [-0.05, 0) is 24.3 Å². The number of nitrogens with one attached hydrogen (secondary N) is 1. The molecule has 0 aliphatic heterocycles. The van der Waals surface area contributed by atoms with Crippen molar-refractivity contribution in [2.75, 3.05) is 0 Å². The van der Waals surface area contributed by atoms with Crippen LogP contribution in [-0.4, -0.2) is 29.1 Å². The minimum Gasteiger partial charge on any atom is -0.449 e. The molecule has 10 heteroatoms. The van der Waals surface area contributed by atoms with Gasteiger partial charge in [0.1, 0.15) is 16.9 Å². The van der Waals surface area contributed by atoms with E-state index in [9.17, 15) is 9.59 Å². The Balaban J connectivity index is 1.46. The molecule has 1 N–H and O–H groups in total. The van der Waals surface area contributed by atoms with E-state index < -0.39 is 0 Å². The van der Waals surface area contributed by atoms with E-state index in [-0.39, 0.29) is 16.7 Å². The zero-order valence-electron chi connectivity index (χ0n) is 16.2. The summed E-state index contributed by atoms with van der Waals surface area (Å²) in [7, 11) is 1.67. The van der Waals surface area contributed by atoms with E-state index >= 15 is 0 Å². The van der Waals surface area contributed by atoms with Crippen LogP contribution in [0.25, 0.3) is 38.7 Å². The molecule has 0 fully saturated rings. The Bertz CT molecular complexity index is 1760. The van der Waals surface area contributed by atoms with Gasteiger partial charge in [0.2, 0.25) is 11.4 Å². The lowest BCUT2D eigenvalue weighted by Gasteiger charge is -2.07. The molecule has 0 saturated carbocycles. The molecule has 6 rings (SSSR count). The summed E-state index contributed by atoms with van der Waals surface area (Å²) < 4.78 is 8.96. The molecule has 0 amide bonds. The maximum absolute atomic E-state index is 12.6. The van der Waals surface area contributed by atoms with Crippen LogP contribution >= 0.6 is 11.8 Å². The Morgan fingerprint density at radius 1 is 1.03 bits per heavy atom. The first-order chi connectivity index (χ1) is 15.1. The van der Waals surface area contributed by atoms with Gasteiger partial charge in [0.15, 0.2) is 5.16 Å². The molecule has 0 unspecified atom stereocenters. The standard InChI is InChI=1S/C21H14N6O3S/c1-26-19(29)11-6-2-4-8-13(11)27-20(26)24-25-21(27)31-10-15-22-16-12-7-3-5-9-14(12)30-17(16)18(28)23-15/h2-9H,10H2,1H3,(H,22,23,28). The number of aryl methyl sites for hydroxylation is 1. The summed E-state index contributed by atoms with van der Waals surface area (Å²) in [5, 5.41) is 10.4. The third-order valence-electron chi connectivity index (χ3n) is 5.21. The van der Waals surface area contributed by atoms with Gasteiger partial charge in [-0.2, -0.15) is 0 Å². The zero-order chi connectivity index (χ0) is 21.1. The second-order valence-corrected chi connectivity index (χ2v) is 8.02. The number of benzene rings is 2.